The molecule has 0 bridgehead atoms. The lowest BCUT2D eigenvalue weighted by Gasteiger charge is -2.15. The molecule has 0 saturated heterocycles. The number of nitrogens with zero attached hydrogens (tertiary/aromatic N) is 3. The van der Waals surface area contributed by atoms with Gasteiger partial charge in [0.2, 0.25) is 0 Å². The molecule has 0 amide bonds. The Morgan fingerprint density at radius 3 is 2.50 bits per heavy atom. The molecule has 1 aliphatic rings. The summed E-state index contributed by atoms with van der Waals surface area (Å²) in [4.78, 5) is 12.7. The van der Waals surface area contributed by atoms with Crippen molar-refractivity contribution >= 4 is 5.71 Å². The lowest BCUT2D eigenvalue weighted by Crippen LogP contribution is -2.26. The third-order valence-electron chi connectivity index (χ3n) is 4.42. The molecule has 7 heteroatoms. The molecule has 1 aromatic carbocycles. The van der Waals surface area contributed by atoms with Gasteiger partial charge in [0, 0.05) is 11.3 Å². The van der Waals surface area contributed by atoms with E-state index in [9.17, 15) is 18.0 Å². The first-order valence-corrected chi connectivity index (χ1v) is 8.20. The van der Waals surface area contributed by atoms with Crippen LogP contribution in [0.2, 0.25) is 0 Å². The van der Waals surface area contributed by atoms with E-state index in [0.29, 0.717) is 24.3 Å². The summed E-state index contributed by atoms with van der Waals surface area (Å²) in [5, 5.41) is 13.5. The van der Waals surface area contributed by atoms with Crippen molar-refractivity contribution in [3.63, 3.8) is 0 Å². The van der Waals surface area contributed by atoms with Gasteiger partial charge < -0.3 is 0 Å². The van der Waals surface area contributed by atoms with E-state index in [1.54, 1.807) is 30.3 Å². The van der Waals surface area contributed by atoms with Crippen molar-refractivity contribution in [2.45, 2.75) is 32.4 Å². The molecule has 0 N–H and O–H groups in total. The van der Waals surface area contributed by atoms with E-state index >= 15 is 0 Å². The van der Waals surface area contributed by atoms with Crippen LogP contribution in [0.25, 0.3) is 11.3 Å². The molecule has 2 aromatic rings. The van der Waals surface area contributed by atoms with Gasteiger partial charge in [0.1, 0.15) is 11.6 Å². The highest BCUT2D eigenvalue weighted by Gasteiger charge is 2.36. The molecule has 134 valence electrons. The zero-order chi connectivity index (χ0) is 18.9. The van der Waals surface area contributed by atoms with Crippen LogP contribution in [0, 0.1) is 17.2 Å². The van der Waals surface area contributed by atoms with E-state index in [1.807, 2.05) is 0 Å². The first-order valence-electron chi connectivity index (χ1n) is 8.20. The molecule has 1 fully saturated rings. The second-order valence-electron chi connectivity index (χ2n) is 6.42. The van der Waals surface area contributed by atoms with Gasteiger partial charge in [0.05, 0.1) is 11.3 Å². The molecule has 26 heavy (non-hydrogen) atoms. The van der Waals surface area contributed by atoms with Gasteiger partial charge in [0.25, 0.3) is 5.56 Å². The average molecular weight is 359 g/mol. The van der Waals surface area contributed by atoms with E-state index in [4.69, 9.17) is 5.26 Å². The Bertz CT molecular complexity index is 953. The molecular formula is C19H16F3N3O. The minimum absolute atomic E-state index is 0.0222. The number of hydrogen-bond acceptors (Lipinski definition) is 3. The zero-order valence-electron chi connectivity index (χ0n) is 14.0. The highest BCUT2D eigenvalue weighted by molar-refractivity contribution is 5.86. The van der Waals surface area contributed by atoms with Gasteiger partial charge >= 0.3 is 6.18 Å². The standard InChI is InChI=1S/C19H16F3N3O/c1-12-7-8-14(9-12)24-25-17(13-5-3-2-4-6-13)10-16(19(20,21)22)15(11-23)18(25)26/h2-6,10,12H,7-9H2,1H3. The van der Waals surface area contributed by atoms with Gasteiger partial charge in [-0.1, -0.05) is 37.3 Å². The van der Waals surface area contributed by atoms with Crippen molar-refractivity contribution in [2.24, 2.45) is 11.0 Å². The van der Waals surface area contributed by atoms with Crippen LogP contribution < -0.4 is 5.56 Å². The number of hydrogen-bond donors (Lipinski definition) is 0. The quantitative estimate of drug-likeness (QED) is 0.796. The Morgan fingerprint density at radius 1 is 1.27 bits per heavy atom. The Kier molecular flexibility index (Phi) is 4.68. The van der Waals surface area contributed by atoms with Crippen molar-refractivity contribution < 1.29 is 13.2 Å². The molecule has 1 aliphatic carbocycles. The van der Waals surface area contributed by atoms with Gasteiger partial charge in [-0.15, -0.1) is 0 Å². The summed E-state index contributed by atoms with van der Waals surface area (Å²) < 4.78 is 41.0. The van der Waals surface area contributed by atoms with Crippen molar-refractivity contribution in [1.29, 1.82) is 5.26 Å². The molecule has 1 aromatic heterocycles. The topological polar surface area (TPSA) is 58.1 Å². The number of alkyl halides is 3. The minimum Gasteiger partial charge on any atom is -0.266 e. The summed E-state index contributed by atoms with van der Waals surface area (Å²) >= 11 is 0. The maximum Gasteiger partial charge on any atom is 0.417 e. The van der Waals surface area contributed by atoms with Crippen LogP contribution >= 0.6 is 0 Å². The Morgan fingerprint density at radius 2 is 1.96 bits per heavy atom. The van der Waals surface area contributed by atoms with Gasteiger partial charge in [-0.05, 0) is 31.2 Å². The maximum absolute atomic E-state index is 13.4. The summed E-state index contributed by atoms with van der Waals surface area (Å²) in [7, 11) is 0. The fourth-order valence-electron chi connectivity index (χ4n) is 3.10. The third kappa shape index (κ3) is 3.40. The molecule has 1 unspecified atom stereocenters. The molecule has 0 aliphatic heterocycles. The molecule has 0 spiro atoms. The summed E-state index contributed by atoms with van der Waals surface area (Å²) in [5.41, 5.74) is -2.02. The molecule has 0 radical (unpaired) electrons. The normalized spacial score (nSPS) is 18.9. The predicted octanol–water partition coefficient (Wildman–Crippen LogP) is 4.43. The number of nitriles is 1. The number of benzene rings is 1. The summed E-state index contributed by atoms with van der Waals surface area (Å²) in [6.45, 7) is 2.05. The molecule has 1 saturated carbocycles. The fourth-order valence-corrected chi connectivity index (χ4v) is 3.10. The number of pyridine rings is 1. The predicted molar refractivity (Wildman–Crippen MR) is 91.7 cm³/mol. The number of halogens is 3. The number of rotatable bonds is 2. The first kappa shape index (κ1) is 17.9. The molecular weight excluding hydrogens is 343 g/mol. The summed E-state index contributed by atoms with van der Waals surface area (Å²) in [5.74, 6) is 0.412. The highest BCUT2D eigenvalue weighted by Crippen LogP contribution is 2.33. The largest absolute Gasteiger partial charge is 0.417 e. The molecule has 1 heterocycles. The second-order valence-corrected chi connectivity index (χ2v) is 6.42. The third-order valence-corrected chi connectivity index (χ3v) is 4.42. The van der Waals surface area contributed by atoms with Gasteiger partial charge in [-0.2, -0.15) is 28.2 Å². The van der Waals surface area contributed by atoms with Crippen molar-refractivity contribution in [3.8, 4) is 17.3 Å². The second kappa shape index (κ2) is 6.79. The Labute approximate surface area is 148 Å². The smallest absolute Gasteiger partial charge is 0.266 e. The summed E-state index contributed by atoms with van der Waals surface area (Å²) in [6, 6.07) is 10.5. The lowest BCUT2D eigenvalue weighted by atomic mass is 10.0. The lowest BCUT2D eigenvalue weighted by molar-refractivity contribution is -0.137. The van der Waals surface area contributed by atoms with Crippen LogP contribution in [0.4, 0.5) is 13.2 Å². The van der Waals surface area contributed by atoms with Crippen molar-refractivity contribution in [3.05, 3.63) is 57.9 Å². The Hall–Kier alpha value is -2.88. The zero-order valence-corrected chi connectivity index (χ0v) is 14.0. The maximum atomic E-state index is 13.4. The monoisotopic (exact) mass is 359 g/mol. The van der Waals surface area contributed by atoms with E-state index in [-0.39, 0.29) is 5.69 Å². The van der Waals surface area contributed by atoms with E-state index in [2.05, 4.69) is 12.0 Å². The molecule has 1 atom stereocenters. The highest BCUT2D eigenvalue weighted by atomic mass is 19.4. The van der Waals surface area contributed by atoms with Crippen LogP contribution in [-0.2, 0) is 6.18 Å². The van der Waals surface area contributed by atoms with Gasteiger partial charge in [-0.25, -0.2) is 0 Å². The van der Waals surface area contributed by atoms with E-state index in [0.717, 1.165) is 22.9 Å². The van der Waals surface area contributed by atoms with Crippen LogP contribution in [0.1, 0.15) is 37.3 Å². The van der Waals surface area contributed by atoms with Gasteiger partial charge in [0.15, 0.2) is 0 Å². The SMILES string of the molecule is CC1CCC(=Nn2c(-c3ccccc3)cc(C(F)(F)F)c(C#N)c2=O)C1. The Balaban J connectivity index is 2.31. The van der Waals surface area contributed by atoms with Crippen molar-refractivity contribution in [1.82, 2.24) is 4.68 Å². The average Bonchev–Trinajstić information content (AvgIpc) is 3.01. The summed E-state index contributed by atoms with van der Waals surface area (Å²) in [6.07, 6.45) is -2.52. The molecule has 4 nitrogen and oxygen atoms in total. The van der Waals surface area contributed by atoms with Crippen molar-refractivity contribution in [2.75, 3.05) is 0 Å². The number of aromatic nitrogens is 1. The first-order chi connectivity index (χ1) is 12.3. The minimum atomic E-state index is -4.80. The van der Waals surface area contributed by atoms with Crippen LogP contribution in [0.15, 0.2) is 46.3 Å². The van der Waals surface area contributed by atoms with E-state index in [1.165, 1.54) is 6.07 Å². The van der Waals surface area contributed by atoms with Gasteiger partial charge in [-0.3, -0.25) is 4.79 Å². The van der Waals surface area contributed by atoms with Crippen LogP contribution in [0.5, 0.6) is 0 Å². The fraction of sp³-hybridized carbons (Fsp3) is 0.316. The molecule has 3 rings (SSSR count). The van der Waals surface area contributed by atoms with Crippen LogP contribution in [0.3, 0.4) is 0 Å². The van der Waals surface area contributed by atoms with E-state index < -0.39 is 22.9 Å². The van der Waals surface area contributed by atoms with Crippen LogP contribution in [-0.4, -0.2) is 10.4 Å².